The number of alkyl halides is 1. The molecule has 2 saturated heterocycles. The summed E-state index contributed by atoms with van der Waals surface area (Å²) in [6.45, 7) is 5.35. The molecule has 2 aliphatic heterocycles. The van der Waals surface area contributed by atoms with Crippen molar-refractivity contribution in [1.29, 1.82) is 0 Å². The molecular formula is C10H18FN. The third-order valence-corrected chi connectivity index (χ3v) is 3.90. The Labute approximate surface area is 73.9 Å². The summed E-state index contributed by atoms with van der Waals surface area (Å²) in [7, 11) is 0. The van der Waals surface area contributed by atoms with Crippen molar-refractivity contribution in [2.45, 2.75) is 57.3 Å². The maximum Gasteiger partial charge on any atom is 0.117 e. The van der Waals surface area contributed by atoms with Gasteiger partial charge in [-0.3, -0.25) is 4.90 Å². The van der Waals surface area contributed by atoms with E-state index in [-0.39, 0.29) is 11.6 Å². The summed E-state index contributed by atoms with van der Waals surface area (Å²) in [4.78, 5) is 2.40. The summed E-state index contributed by atoms with van der Waals surface area (Å²) in [5.41, 5.74) is 0.249. The van der Waals surface area contributed by atoms with E-state index in [2.05, 4.69) is 11.8 Å². The van der Waals surface area contributed by atoms with Crippen LogP contribution in [0, 0.1) is 0 Å². The third kappa shape index (κ3) is 0.936. The lowest BCUT2D eigenvalue weighted by molar-refractivity contribution is 0.146. The molecule has 2 heteroatoms. The van der Waals surface area contributed by atoms with E-state index in [0.717, 1.165) is 19.4 Å². The summed E-state index contributed by atoms with van der Waals surface area (Å²) >= 11 is 0. The van der Waals surface area contributed by atoms with Crippen LogP contribution in [-0.4, -0.2) is 29.2 Å². The lowest BCUT2D eigenvalue weighted by Gasteiger charge is -2.32. The first-order valence-electron chi connectivity index (χ1n) is 5.10. The molecule has 0 radical (unpaired) electrons. The van der Waals surface area contributed by atoms with Gasteiger partial charge in [0.15, 0.2) is 0 Å². The highest BCUT2D eigenvalue weighted by molar-refractivity contribution is 5.06. The van der Waals surface area contributed by atoms with Gasteiger partial charge < -0.3 is 0 Å². The highest BCUT2D eigenvalue weighted by Gasteiger charge is 2.51. The fraction of sp³-hybridized carbons (Fsp3) is 1.00. The SMILES string of the molecule is CC[C@@]12CCCN1[C@H](C)[C@H](F)C2. The predicted molar refractivity (Wildman–Crippen MR) is 47.9 cm³/mol. The maximum atomic E-state index is 13.4. The molecule has 2 aliphatic rings. The summed E-state index contributed by atoms with van der Waals surface area (Å²) in [6.07, 6.45) is 3.81. The Morgan fingerprint density at radius 2 is 2.33 bits per heavy atom. The van der Waals surface area contributed by atoms with Crippen molar-refractivity contribution in [3.63, 3.8) is 0 Å². The number of rotatable bonds is 1. The van der Waals surface area contributed by atoms with Gasteiger partial charge in [-0.05, 0) is 39.2 Å². The Balaban J connectivity index is 2.22. The minimum Gasteiger partial charge on any atom is -0.292 e. The van der Waals surface area contributed by atoms with Gasteiger partial charge in [0.25, 0.3) is 0 Å². The zero-order valence-electron chi connectivity index (χ0n) is 8.02. The molecule has 0 aromatic carbocycles. The monoisotopic (exact) mass is 171 g/mol. The first-order valence-corrected chi connectivity index (χ1v) is 5.10. The molecule has 0 aliphatic carbocycles. The van der Waals surface area contributed by atoms with E-state index in [1.54, 1.807) is 0 Å². The smallest absolute Gasteiger partial charge is 0.117 e. The van der Waals surface area contributed by atoms with E-state index in [0.29, 0.717) is 0 Å². The zero-order chi connectivity index (χ0) is 8.77. The molecule has 2 fully saturated rings. The van der Waals surface area contributed by atoms with E-state index in [4.69, 9.17) is 0 Å². The second-order valence-corrected chi connectivity index (χ2v) is 4.34. The topological polar surface area (TPSA) is 3.24 Å². The van der Waals surface area contributed by atoms with Crippen molar-refractivity contribution >= 4 is 0 Å². The number of fused-ring (bicyclic) bond motifs is 1. The molecule has 2 rings (SSSR count). The van der Waals surface area contributed by atoms with E-state index in [1.165, 1.54) is 12.8 Å². The number of halogens is 1. The summed E-state index contributed by atoms with van der Waals surface area (Å²) in [6, 6.07) is 0.174. The van der Waals surface area contributed by atoms with Gasteiger partial charge in [-0.1, -0.05) is 6.92 Å². The molecule has 0 bridgehead atoms. The molecule has 70 valence electrons. The minimum atomic E-state index is -0.578. The highest BCUT2D eigenvalue weighted by atomic mass is 19.1. The number of hydrogen-bond acceptors (Lipinski definition) is 1. The molecule has 0 N–H and O–H groups in total. The van der Waals surface area contributed by atoms with E-state index >= 15 is 0 Å². The van der Waals surface area contributed by atoms with Gasteiger partial charge in [0.2, 0.25) is 0 Å². The minimum absolute atomic E-state index is 0.174. The Morgan fingerprint density at radius 3 is 2.92 bits per heavy atom. The van der Waals surface area contributed by atoms with Crippen molar-refractivity contribution < 1.29 is 4.39 Å². The summed E-state index contributed by atoms with van der Waals surface area (Å²) in [5.74, 6) is 0. The van der Waals surface area contributed by atoms with Crippen LogP contribution in [0.1, 0.15) is 39.5 Å². The Morgan fingerprint density at radius 1 is 1.58 bits per heavy atom. The maximum absolute atomic E-state index is 13.4. The van der Waals surface area contributed by atoms with Gasteiger partial charge in [-0.15, -0.1) is 0 Å². The fourth-order valence-corrected chi connectivity index (χ4v) is 3.07. The van der Waals surface area contributed by atoms with Crippen LogP contribution in [0.4, 0.5) is 4.39 Å². The van der Waals surface area contributed by atoms with Gasteiger partial charge >= 0.3 is 0 Å². The first kappa shape index (κ1) is 8.49. The van der Waals surface area contributed by atoms with E-state index in [9.17, 15) is 4.39 Å². The summed E-state index contributed by atoms with van der Waals surface area (Å²) < 4.78 is 13.4. The third-order valence-electron chi connectivity index (χ3n) is 3.90. The summed E-state index contributed by atoms with van der Waals surface area (Å²) in [5, 5.41) is 0. The van der Waals surface area contributed by atoms with Crippen LogP contribution >= 0.6 is 0 Å². The van der Waals surface area contributed by atoms with Crippen LogP contribution < -0.4 is 0 Å². The lowest BCUT2D eigenvalue weighted by atomic mass is 9.91. The van der Waals surface area contributed by atoms with Crippen molar-refractivity contribution in [3.8, 4) is 0 Å². The standard InChI is InChI=1S/C10H18FN/c1-3-10-5-4-6-12(10)8(2)9(11)7-10/h8-9H,3-7H2,1-2H3/t8-,9-,10+/m1/s1. The molecule has 0 aromatic heterocycles. The normalized spacial score (nSPS) is 48.2. The molecule has 0 spiro atoms. The number of nitrogens with zero attached hydrogens (tertiary/aromatic N) is 1. The Hall–Kier alpha value is -0.110. The molecule has 12 heavy (non-hydrogen) atoms. The van der Waals surface area contributed by atoms with E-state index in [1.807, 2.05) is 6.92 Å². The van der Waals surface area contributed by atoms with Gasteiger partial charge in [0.1, 0.15) is 6.17 Å². The van der Waals surface area contributed by atoms with Crippen LogP contribution in [0.25, 0.3) is 0 Å². The first-order chi connectivity index (χ1) is 5.69. The van der Waals surface area contributed by atoms with Crippen LogP contribution in [0.3, 0.4) is 0 Å². The number of hydrogen-bond donors (Lipinski definition) is 0. The molecule has 0 unspecified atom stereocenters. The lowest BCUT2D eigenvalue weighted by Crippen LogP contribution is -2.40. The van der Waals surface area contributed by atoms with Crippen LogP contribution in [0.15, 0.2) is 0 Å². The molecule has 3 atom stereocenters. The van der Waals surface area contributed by atoms with Crippen molar-refractivity contribution in [1.82, 2.24) is 4.90 Å². The van der Waals surface area contributed by atoms with E-state index < -0.39 is 6.17 Å². The second-order valence-electron chi connectivity index (χ2n) is 4.34. The van der Waals surface area contributed by atoms with Crippen LogP contribution in [-0.2, 0) is 0 Å². The average Bonchev–Trinajstić information content (AvgIpc) is 2.55. The predicted octanol–water partition coefficient (Wildman–Crippen LogP) is 2.36. The quantitative estimate of drug-likeness (QED) is 0.585. The van der Waals surface area contributed by atoms with Gasteiger partial charge in [-0.2, -0.15) is 0 Å². The molecule has 0 saturated carbocycles. The fourth-order valence-electron chi connectivity index (χ4n) is 3.07. The molecule has 0 aromatic rings. The van der Waals surface area contributed by atoms with Crippen LogP contribution in [0.2, 0.25) is 0 Å². The van der Waals surface area contributed by atoms with Gasteiger partial charge in [-0.25, -0.2) is 4.39 Å². The molecule has 0 amide bonds. The molecule has 2 heterocycles. The largest absolute Gasteiger partial charge is 0.292 e. The van der Waals surface area contributed by atoms with Crippen molar-refractivity contribution in [3.05, 3.63) is 0 Å². The van der Waals surface area contributed by atoms with Crippen molar-refractivity contribution in [2.24, 2.45) is 0 Å². The zero-order valence-corrected chi connectivity index (χ0v) is 8.02. The van der Waals surface area contributed by atoms with Crippen LogP contribution in [0.5, 0.6) is 0 Å². The Bertz CT molecular complexity index is 183. The molecular weight excluding hydrogens is 153 g/mol. The average molecular weight is 171 g/mol. The second kappa shape index (κ2) is 2.69. The molecule has 1 nitrogen and oxygen atoms in total. The highest BCUT2D eigenvalue weighted by Crippen LogP contribution is 2.45. The van der Waals surface area contributed by atoms with Gasteiger partial charge in [0.05, 0.1) is 0 Å². The van der Waals surface area contributed by atoms with Crippen molar-refractivity contribution in [2.75, 3.05) is 6.54 Å². The Kier molecular flexibility index (Phi) is 1.90. The van der Waals surface area contributed by atoms with Gasteiger partial charge in [0, 0.05) is 11.6 Å².